The summed E-state index contributed by atoms with van der Waals surface area (Å²) >= 11 is 0. The van der Waals surface area contributed by atoms with E-state index < -0.39 is 0 Å². The molecule has 0 radical (unpaired) electrons. The molecule has 1 saturated carbocycles. The summed E-state index contributed by atoms with van der Waals surface area (Å²) in [5.74, 6) is 2.35. The van der Waals surface area contributed by atoms with Gasteiger partial charge >= 0.3 is 0 Å². The summed E-state index contributed by atoms with van der Waals surface area (Å²) in [5, 5.41) is 0. The first-order valence-corrected chi connectivity index (χ1v) is 6.60. The molecular weight excluding hydrogens is 202 g/mol. The second-order valence-electron chi connectivity index (χ2n) is 6.09. The predicted molar refractivity (Wildman–Crippen MR) is 62.3 cm³/mol. The Hall–Kier alpha value is -0.120. The molecule has 16 heavy (non-hydrogen) atoms. The molecule has 4 unspecified atom stereocenters. The van der Waals surface area contributed by atoms with Crippen LogP contribution in [0.5, 0.6) is 0 Å². The zero-order valence-corrected chi connectivity index (χ0v) is 10.6. The van der Waals surface area contributed by atoms with Crippen molar-refractivity contribution in [2.75, 3.05) is 26.7 Å². The van der Waals surface area contributed by atoms with E-state index in [0.29, 0.717) is 24.2 Å². The van der Waals surface area contributed by atoms with Crippen LogP contribution in [0, 0.1) is 17.8 Å². The lowest BCUT2D eigenvalue weighted by Crippen LogP contribution is -2.57. The molecule has 0 spiro atoms. The Morgan fingerprint density at radius 1 is 1.06 bits per heavy atom. The van der Waals surface area contributed by atoms with E-state index in [1.807, 2.05) is 0 Å². The SMILES string of the molecule is C[C@@H]1CC1C1CN(C)CC(C2OC[C@@H]2C)O1. The van der Waals surface area contributed by atoms with Gasteiger partial charge in [0.1, 0.15) is 0 Å². The van der Waals surface area contributed by atoms with Gasteiger partial charge < -0.3 is 14.4 Å². The quantitative estimate of drug-likeness (QED) is 0.708. The lowest BCUT2D eigenvalue weighted by Gasteiger charge is -2.45. The van der Waals surface area contributed by atoms with Crippen LogP contribution in [-0.2, 0) is 9.47 Å². The fourth-order valence-electron chi connectivity index (χ4n) is 3.16. The van der Waals surface area contributed by atoms with Gasteiger partial charge in [0, 0.05) is 19.0 Å². The first-order chi connectivity index (χ1) is 7.65. The molecule has 3 rings (SSSR count). The highest BCUT2D eigenvalue weighted by Gasteiger charge is 2.46. The van der Waals surface area contributed by atoms with Crippen LogP contribution in [0.4, 0.5) is 0 Å². The normalized spacial score (nSPS) is 53.4. The molecule has 1 aliphatic carbocycles. The minimum absolute atomic E-state index is 0.306. The van der Waals surface area contributed by atoms with Crippen molar-refractivity contribution in [3.05, 3.63) is 0 Å². The molecule has 2 aliphatic heterocycles. The maximum Gasteiger partial charge on any atom is 0.0971 e. The Morgan fingerprint density at radius 3 is 2.25 bits per heavy atom. The van der Waals surface area contributed by atoms with E-state index in [-0.39, 0.29) is 0 Å². The standard InChI is InChI=1S/C13H23NO2/c1-8-4-10(8)11-5-14(3)6-12(16-11)13-9(2)7-15-13/h8-13H,4-7H2,1-3H3/t8-,9+,10?,11?,12?,13?/m1/s1. The van der Waals surface area contributed by atoms with Crippen LogP contribution in [0.25, 0.3) is 0 Å². The van der Waals surface area contributed by atoms with Gasteiger partial charge in [-0.1, -0.05) is 13.8 Å². The van der Waals surface area contributed by atoms with Gasteiger partial charge in [-0.3, -0.25) is 0 Å². The van der Waals surface area contributed by atoms with Crippen LogP contribution in [-0.4, -0.2) is 50.0 Å². The third-order valence-electron chi connectivity index (χ3n) is 4.46. The van der Waals surface area contributed by atoms with Crippen molar-refractivity contribution in [1.29, 1.82) is 0 Å². The Kier molecular flexibility index (Phi) is 2.73. The second-order valence-corrected chi connectivity index (χ2v) is 6.09. The van der Waals surface area contributed by atoms with E-state index in [4.69, 9.17) is 9.47 Å². The third kappa shape index (κ3) is 1.89. The summed E-state index contributed by atoms with van der Waals surface area (Å²) in [6, 6.07) is 0. The van der Waals surface area contributed by atoms with Gasteiger partial charge in [0.05, 0.1) is 24.9 Å². The molecule has 6 atom stereocenters. The van der Waals surface area contributed by atoms with Crippen molar-refractivity contribution >= 4 is 0 Å². The lowest BCUT2D eigenvalue weighted by atomic mass is 9.93. The smallest absolute Gasteiger partial charge is 0.0971 e. The summed E-state index contributed by atoms with van der Waals surface area (Å²) in [7, 11) is 2.21. The molecule has 0 aromatic rings. The third-order valence-corrected chi connectivity index (χ3v) is 4.46. The molecule has 0 N–H and O–H groups in total. The first kappa shape index (κ1) is 11.0. The van der Waals surface area contributed by atoms with Crippen molar-refractivity contribution in [2.24, 2.45) is 17.8 Å². The Balaban J connectivity index is 1.62. The van der Waals surface area contributed by atoms with Gasteiger partial charge in [-0.05, 0) is 25.3 Å². The fraction of sp³-hybridized carbons (Fsp3) is 1.00. The Bertz CT molecular complexity index is 271. The van der Waals surface area contributed by atoms with Gasteiger partial charge in [0.15, 0.2) is 0 Å². The van der Waals surface area contributed by atoms with E-state index in [1.165, 1.54) is 6.42 Å². The molecule has 3 fully saturated rings. The number of ether oxygens (including phenoxy) is 2. The van der Waals surface area contributed by atoms with Crippen molar-refractivity contribution in [3.8, 4) is 0 Å². The van der Waals surface area contributed by atoms with E-state index in [2.05, 4.69) is 25.8 Å². The van der Waals surface area contributed by atoms with Crippen LogP contribution in [0.2, 0.25) is 0 Å². The number of likely N-dealkylation sites (N-methyl/N-ethyl adjacent to an activating group) is 1. The summed E-state index contributed by atoms with van der Waals surface area (Å²) < 4.78 is 11.9. The maximum atomic E-state index is 6.26. The van der Waals surface area contributed by atoms with Gasteiger partial charge in [0.2, 0.25) is 0 Å². The van der Waals surface area contributed by atoms with Gasteiger partial charge in [-0.15, -0.1) is 0 Å². The Labute approximate surface area is 98.1 Å². The van der Waals surface area contributed by atoms with Crippen LogP contribution >= 0.6 is 0 Å². The minimum atomic E-state index is 0.306. The zero-order valence-electron chi connectivity index (χ0n) is 10.6. The average molecular weight is 225 g/mol. The predicted octanol–water partition coefficient (Wildman–Crippen LogP) is 1.38. The molecular formula is C13H23NO2. The van der Waals surface area contributed by atoms with Crippen LogP contribution in [0.15, 0.2) is 0 Å². The number of nitrogens with zero attached hydrogens (tertiary/aromatic N) is 1. The number of hydrogen-bond acceptors (Lipinski definition) is 3. The summed E-state index contributed by atoms with van der Waals surface area (Å²) in [5.41, 5.74) is 0. The molecule has 3 nitrogen and oxygen atoms in total. The summed E-state index contributed by atoms with van der Waals surface area (Å²) in [6.07, 6.45) is 2.46. The fourth-order valence-corrected chi connectivity index (χ4v) is 3.16. The van der Waals surface area contributed by atoms with E-state index in [1.54, 1.807) is 0 Å². The molecule has 0 aromatic carbocycles. The summed E-state index contributed by atoms with van der Waals surface area (Å²) in [6.45, 7) is 7.65. The van der Waals surface area contributed by atoms with Crippen LogP contribution < -0.4 is 0 Å². The van der Waals surface area contributed by atoms with E-state index in [0.717, 1.165) is 31.5 Å². The van der Waals surface area contributed by atoms with Gasteiger partial charge in [-0.25, -0.2) is 0 Å². The number of morpholine rings is 1. The molecule has 92 valence electrons. The zero-order chi connectivity index (χ0) is 11.3. The monoisotopic (exact) mass is 225 g/mol. The minimum Gasteiger partial charge on any atom is -0.375 e. The van der Waals surface area contributed by atoms with Crippen molar-refractivity contribution in [3.63, 3.8) is 0 Å². The van der Waals surface area contributed by atoms with Crippen LogP contribution in [0.1, 0.15) is 20.3 Å². The van der Waals surface area contributed by atoms with E-state index >= 15 is 0 Å². The lowest BCUT2D eigenvalue weighted by molar-refractivity contribution is -0.212. The average Bonchev–Trinajstić information content (AvgIpc) is 2.92. The topological polar surface area (TPSA) is 21.7 Å². The highest BCUT2D eigenvalue weighted by Crippen LogP contribution is 2.44. The van der Waals surface area contributed by atoms with Crippen LogP contribution in [0.3, 0.4) is 0 Å². The molecule has 0 aromatic heterocycles. The van der Waals surface area contributed by atoms with Crippen molar-refractivity contribution < 1.29 is 9.47 Å². The first-order valence-electron chi connectivity index (χ1n) is 6.60. The molecule has 2 saturated heterocycles. The highest BCUT2D eigenvalue weighted by atomic mass is 16.6. The largest absolute Gasteiger partial charge is 0.375 e. The maximum absolute atomic E-state index is 6.26. The van der Waals surface area contributed by atoms with E-state index in [9.17, 15) is 0 Å². The number of hydrogen-bond donors (Lipinski definition) is 0. The molecule has 0 amide bonds. The van der Waals surface area contributed by atoms with Gasteiger partial charge in [0.25, 0.3) is 0 Å². The molecule has 0 bridgehead atoms. The molecule has 3 aliphatic rings. The molecule has 3 heteroatoms. The second kappa shape index (κ2) is 3.97. The molecule has 2 heterocycles. The summed E-state index contributed by atoms with van der Waals surface area (Å²) in [4.78, 5) is 2.41. The highest BCUT2D eigenvalue weighted by molar-refractivity contribution is 4.95. The van der Waals surface area contributed by atoms with Crippen molar-refractivity contribution in [1.82, 2.24) is 4.90 Å². The number of rotatable bonds is 2. The van der Waals surface area contributed by atoms with Crippen molar-refractivity contribution in [2.45, 2.75) is 38.6 Å². The van der Waals surface area contributed by atoms with Gasteiger partial charge in [-0.2, -0.15) is 0 Å². The Morgan fingerprint density at radius 2 is 1.75 bits per heavy atom.